The summed E-state index contributed by atoms with van der Waals surface area (Å²) in [5.41, 5.74) is 2.03. The van der Waals surface area contributed by atoms with Crippen LogP contribution in [0.5, 0.6) is 5.75 Å². The highest BCUT2D eigenvalue weighted by Crippen LogP contribution is 2.28. The number of ether oxygens (including phenoxy) is 1. The zero-order chi connectivity index (χ0) is 20.6. The van der Waals surface area contributed by atoms with Crippen LogP contribution < -0.4 is 15.4 Å². The summed E-state index contributed by atoms with van der Waals surface area (Å²) < 4.78 is 6.52. The van der Waals surface area contributed by atoms with Gasteiger partial charge in [-0.2, -0.15) is 0 Å². The number of benzene rings is 2. The molecular weight excluding hydrogens is 386 g/mol. The predicted octanol–water partition coefficient (Wildman–Crippen LogP) is 5.47. The van der Waals surface area contributed by atoms with E-state index in [1.807, 2.05) is 31.2 Å². The van der Waals surface area contributed by atoms with Gasteiger partial charge < -0.3 is 15.4 Å². The van der Waals surface area contributed by atoms with Crippen molar-refractivity contribution in [2.75, 3.05) is 17.2 Å². The minimum absolute atomic E-state index is 0.0396. The first-order valence-corrected chi connectivity index (χ1v) is 10.7. The molecule has 2 aromatic carbocycles. The number of aromatic nitrogens is 1. The molecule has 0 atom stereocenters. The van der Waals surface area contributed by atoms with Crippen LogP contribution in [0.15, 0.2) is 42.5 Å². The highest BCUT2D eigenvalue weighted by atomic mass is 32.1. The molecule has 0 aliphatic carbocycles. The van der Waals surface area contributed by atoms with Crippen molar-refractivity contribution in [3.8, 4) is 5.75 Å². The van der Waals surface area contributed by atoms with Crippen LogP contribution in [0.25, 0.3) is 10.2 Å². The molecule has 1 aromatic heterocycles. The van der Waals surface area contributed by atoms with E-state index < -0.39 is 0 Å². The van der Waals surface area contributed by atoms with Gasteiger partial charge in [0.2, 0.25) is 5.91 Å². The Morgan fingerprint density at radius 3 is 2.55 bits per heavy atom. The van der Waals surface area contributed by atoms with E-state index in [4.69, 9.17) is 4.74 Å². The lowest BCUT2D eigenvalue weighted by Crippen LogP contribution is -2.11. The number of rotatable bonds is 9. The molecule has 0 bridgehead atoms. The Labute approximate surface area is 174 Å². The maximum absolute atomic E-state index is 12.5. The van der Waals surface area contributed by atoms with Crippen LogP contribution in [0.2, 0.25) is 0 Å². The highest BCUT2D eigenvalue weighted by molar-refractivity contribution is 7.22. The SMILES string of the molecule is CCCCOc1ccc(C(=O)Nc2ccc3nc(NC(=O)CCC)sc3c2)cc1. The Bertz CT molecular complexity index is 983. The van der Waals surface area contributed by atoms with Crippen molar-refractivity contribution in [3.05, 3.63) is 48.0 Å². The molecule has 0 radical (unpaired) electrons. The van der Waals surface area contributed by atoms with Crippen LogP contribution in [0.4, 0.5) is 10.8 Å². The number of nitrogens with zero attached hydrogens (tertiary/aromatic N) is 1. The monoisotopic (exact) mass is 411 g/mol. The topological polar surface area (TPSA) is 80.3 Å². The van der Waals surface area contributed by atoms with Crippen molar-refractivity contribution >= 4 is 44.2 Å². The maximum atomic E-state index is 12.5. The number of hydrogen-bond acceptors (Lipinski definition) is 5. The van der Waals surface area contributed by atoms with Crippen molar-refractivity contribution in [2.24, 2.45) is 0 Å². The number of amides is 2. The first kappa shape index (κ1) is 20.8. The molecule has 2 amide bonds. The van der Waals surface area contributed by atoms with E-state index in [-0.39, 0.29) is 11.8 Å². The number of nitrogens with one attached hydrogen (secondary N) is 2. The van der Waals surface area contributed by atoms with Crippen LogP contribution in [0, 0.1) is 0 Å². The van der Waals surface area contributed by atoms with Gasteiger partial charge in [0.25, 0.3) is 5.91 Å². The van der Waals surface area contributed by atoms with Gasteiger partial charge in [0.15, 0.2) is 5.13 Å². The van der Waals surface area contributed by atoms with Gasteiger partial charge in [0, 0.05) is 17.7 Å². The fourth-order valence-corrected chi connectivity index (χ4v) is 3.63. The fraction of sp³-hybridized carbons (Fsp3) is 0.318. The van der Waals surface area contributed by atoms with Crippen molar-refractivity contribution < 1.29 is 14.3 Å². The van der Waals surface area contributed by atoms with E-state index in [9.17, 15) is 9.59 Å². The van der Waals surface area contributed by atoms with Crippen molar-refractivity contribution in [3.63, 3.8) is 0 Å². The summed E-state index contributed by atoms with van der Waals surface area (Å²) in [4.78, 5) is 28.7. The van der Waals surface area contributed by atoms with Gasteiger partial charge in [-0.1, -0.05) is 31.6 Å². The van der Waals surface area contributed by atoms with Crippen LogP contribution >= 0.6 is 11.3 Å². The Morgan fingerprint density at radius 2 is 1.83 bits per heavy atom. The van der Waals surface area contributed by atoms with Crippen LogP contribution in [0.3, 0.4) is 0 Å². The molecule has 2 N–H and O–H groups in total. The minimum atomic E-state index is -0.189. The van der Waals surface area contributed by atoms with Gasteiger partial charge in [-0.25, -0.2) is 4.98 Å². The Morgan fingerprint density at radius 1 is 1.03 bits per heavy atom. The fourth-order valence-electron chi connectivity index (χ4n) is 2.70. The summed E-state index contributed by atoms with van der Waals surface area (Å²) in [5, 5.41) is 6.29. The average molecular weight is 412 g/mol. The molecule has 1 heterocycles. The van der Waals surface area contributed by atoms with E-state index in [2.05, 4.69) is 22.5 Å². The zero-order valence-electron chi connectivity index (χ0n) is 16.7. The maximum Gasteiger partial charge on any atom is 0.255 e. The normalized spacial score (nSPS) is 10.7. The number of fused-ring (bicyclic) bond motifs is 1. The molecule has 29 heavy (non-hydrogen) atoms. The lowest BCUT2D eigenvalue weighted by atomic mass is 10.2. The van der Waals surface area contributed by atoms with Crippen molar-refractivity contribution in [1.29, 1.82) is 0 Å². The standard InChI is InChI=1S/C22H25N3O3S/c1-3-5-13-28-17-10-7-15(8-11-17)21(27)23-16-9-12-18-19(14-16)29-22(24-18)25-20(26)6-4-2/h7-12,14H,3-6,13H2,1-2H3,(H,23,27)(H,24,25,26). The van der Waals surface area contributed by atoms with Crippen molar-refractivity contribution in [1.82, 2.24) is 4.98 Å². The second kappa shape index (κ2) is 10.0. The van der Waals surface area contributed by atoms with Gasteiger partial charge in [0.1, 0.15) is 5.75 Å². The predicted molar refractivity (Wildman–Crippen MR) is 118 cm³/mol. The summed E-state index contributed by atoms with van der Waals surface area (Å²) in [6, 6.07) is 12.6. The third-order valence-electron chi connectivity index (χ3n) is 4.25. The second-order valence-electron chi connectivity index (χ2n) is 6.68. The Balaban J connectivity index is 1.64. The third-order valence-corrected chi connectivity index (χ3v) is 5.19. The van der Waals surface area contributed by atoms with Gasteiger partial charge in [-0.3, -0.25) is 9.59 Å². The Hall–Kier alpha value is -2.93. The van der Waals surface area contributed by atoms with Crippen molar-refractivity contribution in [2.45, 2.75) is 39.5 Å². The number of thiazole rings is 1. The molecular formula is C22H25N3O3S. The number of unbranched alkanes of at least 4 members (excludes halogenated alkanes) is 1. The smallest absolute Gasteiger partial charge is 0.255 e. The lowest BCUT2D eigenvalue weighted by molar-refractivity contribution is -0.116. The van der Waals surface area contributed by atoms with Crippen LogP contribution in [0.1, 0.15) is 49.9 Å². The molecule has 3 aromatic rings. The summed E-state index contributed by atoms with van der Waals surface area (Å²) in [7, 11) is 0. The summed E-state index contributed by atoms with van der Waals surface area (Å²) >= 11 is 1.39. The van der Waals surface area contributed by atoms with E-state index in [1.54, 1.807) is 18.2 Å². The zero-order valence-corrected chi connectivity index (χ0v) is 17.5. The molecule has 0 aliphatic heterocycles. The van der Waals surface area contributed by atoms with Gasteiger partial charge in [-0.15, -0.1) is 0 Å². The van der Waals surface area contributed by atoms with E-state index in [0.29, 0.717) is 29.4 Å². The van der Waals surface area contributed by atoms with E-state index >= 15 is 0 Å². The molecule has 0 saturated carbocycles. The summed E-state index contributed by atoms with van der Waals surface area (Å²) in [6.07, 6.45) is 3.35. The second-order valence-corrected chi connectivity index (χ2v) is 7.71. The molecule has 7 heteroatoms. The Kier molecular flexibility index (Phi) is 7.19. The van der Waals surface area contributed by atoms with E-state index in [1.165, 1.54) is 11.3 Å². The van der Waals surface area contributed by atoms with E-state index in [0.717, 1.165) is 35.2 Å². The van der Waals surface area contributed by atoms with Gasteiger partial charge in [0.05, 0.1) is 16.8 Å². The summed E-state index contributed by atoms with van der Waals surface area (Å²) in [6.45, 7) is 4.75. The highest BCUT2D eigenvalue weighted by Gasteiger charge is 2.10. The molecule has 0 unspecified atom stereocenters. The average Bonchev–Trinajstić information content (AvgIpc) is 3.10. The number of carbonyl (C=O) groups excluding carboxylic acids is 2. The van der Waals surface area contributed by atoms with Crippen LogP contribution in [-0.2, 0) is 4.79 Å². The molecule has 0 saturated heterocycles. The first-order chi connectivity index (χ1) is 14.1. The molecule has 0 fully saturated rings. The van der Waals surface area contributed by atoms with Crippen LogP contribution in [-0.4, -0.2) is 23.4 Å². The molecule has 0 spiro atoms. The third kappa shape index (κ3) is 5.77. The molecule has 6 nitrogen and oxygen atoms in total. The number of hydrogen-bond donors (Lipinski definition) is 2. The molecule has 3 rings (SSSR count). The molecule has 152 valence electrons. The first-order valence-electron chi connectivity index (χ1n) is 9.83. The van der Waals surface area contributed by atoms with Gasteiger partial charge >= 0.3 is 0 Å². The largest absolute Gasteiger partial charge is 0.494 e. The number of anilines is 2. The quantitative estimate of drug-likeness (QED) is 0.458. The lowest BCUT2D eigenvalue weighted by Gasteiger charge is -2.07. The summed E-state index contributed by atoms with van der Waals surface area (Å²) in [5.74, 6) is 0.534. The van der Waals surface area contributed by atoms with Gasteiger partial charge in [-0.05, 0) is 55.3 Å². The minimum Gasteiger partial charge on any atom is -0.494 e. The number of carbonyl (C=O) groups is 2. The molecule has 0 aliphatic rings.